The third kappa shape index (κ3) is 3.02. The Morgan fingerprint density at radius 2 is 2.27 bits per heavy atom. The van der Waals surface area contributed by atoms with Crippen LogP contribution in [-0.4, -0.2) is 59.0 Å². The van der Waals surface area contributed by atoms with Crippen molar-refractivity contribution in [3.05, 3.63) is 18.0 Å². The Morgan fingerprint density at radius 3 is 3.00 bits per heavy atom. The molecular weight excluding hydrogens is 326 g/mol. The number of ether oxygens (including phenoxy) is 1. The fourth-order valence-electron chi connectivity index (χ4n) is 5.22. The summed E-state index contributed by atoms with van der Waals surface area (Å²) in [5, 5.41) is 8.18. The summed E-state index contributed by atoms with van der Waals surface area (Å²) in [7, 11) is 1.99. The first-order valence-electron chi connectivity index (χ1n) is 10.2. The number of hydrogen-bond donors (Lipinski definition) is 1. The molecule has 6 heteroatoms. The molecule has 2 aliphatic heterocycles. The van der Waals surface area contributed by atoms with Crippen molar-refractivity contribution in [2.45, 2.75) is 58.1 Å². The highest BCUT2D eigenvalue weighted by atomic mass is 16.5. The highest BCUT2D eigenvalue weighted by molar-refractivity contribution is 5.81. The summed E-state index contributed by atoms with van der Waals surface area (Å²) in [4.78, 5) is 7.27. The lowest BCUT2D eigenvalue weighted by Gasteiger charge is -2.60. The molecule has 1 saturated carbocycles. The van der Waals surface area contributed by atoms with Gasteiger partial charge in [0.05, 0.1) is 12.3 Å². The lowest BCUT2D eigenvalue weighted by molar-refractivity contribution is -0.188. The summed E-state index contributed by atoms with van der Waals surface area (Å²) in [5.74, 6) is 2.26. The van der Waals surface area contributed by atoms with E-state index in [4.69, 9.17) is 9.73 Å². The van der Waals surface area contributed by atoms with E-state index in [1.807, 2.05) is 17.9 Å². The van der Waals surface area contributed by atoms with Crippen molar-refractivity contribution in [3.8, 4) is 0 Å². The molecule has 1 N–H and O–H groups in total. The number of likely N-dealkylation sites (tertiary alicyclic amines) is 1. The van der Waals surface area contributed by atoms with Gasteiger partial charge in [0.2, 0.25) is 0 Å². The van der Waals surface area contributed by atoms with E-state index in [1.165, 1.54) is 24.8 Å². The Labute approximate surface area is 157 Å². The molecule has 6 nitrogen and oxygen atoms in total. The summed E-state index contributed by atoms with van der Waals surface area (Å²) in [6.07, 6.45) is 8.18. The molecule has 4 atom stereocenters. The maximum Gasteiger partial charge on any atom is 0.194 e. The average Bonchev–Trinajstić information content (AvgIpc) is 3.27. The van der Waals surface area contributed by atoms with E-state index in [2.05, 4.69) is 42.3 Å². The number of aromatic nitrogens is 2. The molecular formula is C20H33N5O. The van der Waals surface area contributed by atoms with Crippen LogP contribution < -0.4 is 5.32 Å². The van der Waals surface area contributed by atoms with E-state index < -0.39 is 0 Å². The Hall–Kier alpha value is -1.56. The van der Waals surface area contributed by atoms with E-state index >= 15 is 0 Å². The molecule has 3 aliphatic rings. The lowest BCUT2D eigenvalue weighted by atomic mass is 9.55. The molecule has 0 spiro atoms. The predicted octanol–water partition coefficient (Wildman–Crippen LogP) is 2.38. The van der Waals surface area contributed by atoms with Crippen LogP contribution in [0.25, 0.3) is 0 Å². The van der Waals surface area contributed by atoms with Gasteiger partial charge in [-0.25, -0.2) is 0 Å². The summed E-state index contributed by atoms with van der Waals surface area (Å²) >= 11 is 0. The molecule has 0 bridgehead atoms. The average molecular weight is 360 g/mol. The number of fused-ring (bicyclic) bond motifs is 1. The molecule has 4 unspecified atom stereocenters. The van der Waals surface area contributed by atoms with Crippen LogP contribution in [0.2, 0.25) is 0 Å². The molecule has 0 radical (unpaired) electrons. The Morgan fingerprint density at radius 1 is 1.42 bits per heavy atom. The van der Waals surface area contributed by atoms with Gasteiger partial charge in [-0.3, -0.25) is 9.67 Å². The molecule has 26 heavy (non-hydrogen) atoms. The number of nitrogens with zero attached hydrogens (tertiary/aromatic N) is 4. The van der Waals surface area contributed by atoms with Gasteiger partial charge in [0.15, 0.2) is 5.96 Å². The second kappa shape index (κ2) is 6.87. The normalized spacial score (nSPS) is 33.7. The van der Waals surface area contributed by atoms with Crippen LogP contribution in [-0.2, 0) is 11.8 Å². The smallest absolute Gasteiger partial charge is 0.194 e. The maximum atomic E-state index is 6.06. The van der Waals surface area contributed by atoms with Gasteiger partial charge in [-0.1, -0.05) is 13.8 Å². The quantitative estimate of drug-likeness (QED) is 0.665. The van der Waals surface area contributed by atoms with Gasteiger partial charge in [-0.15, -0.1) is 0 Å². The van der Waals surface area contributed by atoms with Gasteiger partial charge in [-0.05, 0) is 31.7 Å². The molecule has 0 amide bonds. The molecule has 4 rings (SSSR count). The van der Waals surface area contributed by atoms with Crippen molar-refractivity contribution in [1.29, 1.82) is 0 Å². The third-order valence-electron chi connectivity index (χ3n) is 6.61. The lowest BCUT2D eigenvalue weighted by Crippen LogP contribution is -2.71. The highest BCUT2D eigenvalue weighted by Crippen LogP contribution is 2.51. The van der Waals surface area contributed by atoms with Gasteiger partial charge in [0.1, 0.15) is 0 Å². The maximum absolute atomic E-state index is 6.06. The first-order valence-corrected chi connectivity index (χ1v) is 10.2. The largest absolute Gasteiger partial charge is 0.377 e. The molecule has 1 aliphatic carbocycles. The van der Waals surface area contributed by atoms with Crippen LogP contribution in [0.15, 0.2) is 17.4 Å². The van der Waals surface area contributed by atoms with E-state index in [0.717, 1.165) is 32.2 Å². The Balaban J connectivity index is 1.44. The van der Waals surface area contributed by atoms with E-state index in [-0.39, 0.29) is 5.41 Å². The van der Waals surface area contributed by atoms with E-state index in [1.54, 1.807) is 0 Å². The summed E-state index contributed by atoms with van der Waals surface area (Å²) in [5.41, 5.74) is 1.51. The van der Waals surface area contributed by atoms with Gasteiger partial charge in [0, 0.05) is 62.8 Å². The SMILES string of the molecule is CCN=C(NC1C2CCCOC2C1(C)C)N1CCC(c2cnn(C)c2)C1. The molecule has 3 fully saturated rings. The van der Waals surface area contributed by atoms with E-state index in [0.29, 0.717) is 24.0 Å². The zero-order chi connectivity index (χ0) is 18.3. The fraction of sp³-hybridized carbons (Fsp3) is 0.800. The number of rotatable bonds is 3. The molecule has 144 valence electrons. The number of aryl methyl sites for hydroxylation is 1. The minimum atomic E-state index is 0.169. The van der Waals surface area contributed by atoms with Gasteiger partial charge in [0.25, 0.3) is 0 Å². The highest BCUT2D eigenvalue weighted by Gasteiger charge is 2.58. The molecule has 1 aromatic heterocycles. The molecule has 3 heterocycles. The second-order valence-electron chi connectivity index (χ2n) is 8.72. The number of nitrogens with one attached hydrogen (secondary N) is 1. The first kappa shape index (κ1) is 17.8. The Kier molecular flexibility index (Phi) is 4.71. The minimum absolute atomic E-state index is 0.169. The van der Waals surface area contributed by atoms with Crippen molar-refractivity contribution < 1.29 is 4.74 Å². The van der Waals surface area contributed by atoms with Crippen molar-refractivity contribution in [2.24, 2.45) is 23.4 Å². The van der Waals surface area contributed by atoms with Crippen LogP contribution in [0.5, 0.6) is 0 Å². The Bertz CT molecular complexity index is 667. The molecule has 2 saturated heterocycles. The summed E-state index contributed by atoms with van der Waals surface area (Å²) in [6, 6.07) is 0.454. The van der Waals surface area contributed by atoms with E-state index in [9.17, 15) is 0 Å². The van der Waals surface area contributed by atoms with Crippen molar-refractivity contribution >= 4 is 5.96 Å². The molecule has 1 aromatic rings. The predicted molar refractivity (Wildman–Crippen MR) is 103 cm³/mol. The summed E-state index contributed by atoms with van der Waals surface area (Å²) in [6.45, 7) is 10.6. The first-order chi connectivity index (χ1) is 12.5. The molecule has 0 aromatic carbocycles. The minimum Gasteiger partial charge on any atom is -0.377 e. The number of aliphatic imine (C=N–C) groups is 1. The number of hydrogen-bond acceptors (Lipinski definition) is 3. The standard InChI is InChI=1S/C20H33N5O/c1-5-21-19(23-17-16-7-6-10-26-18(16)20(17,2)3)25-9-8-14(13-25)15-11-22-24(4)12-15/h11-12,14,16-18H,5-10,13H2,1-4H3,(H,21,23). The van der Waals surface area contributed by atoms with Crippen molar-refractivity contribution in [2.75, 3.05) is 26.2 Å². The van der Waals surface area contributed by atoms with Crippen LogP contribution in [0, 0.1) is 11.3 Å². The van der Waals surface area contributed by atoms with Crippen molar-refractivity contribution in [3.63, 3.8) is 0 Å². The number of guanidine groups is 1. The van der Waals surface area contributed by atoms with Gasteiger partial charge < -0.3 is 15.0 Å². The third-order valence-corrected chi connectivity index (χ3v) is 6.61. The van der Waals surface area contributed by atoms with Crippen LogP contribution in [0.3, 0.4) is 0 Å². The van der Waals surface area contributed by atoms with Crippen molar-refractivity contribution in [1.82, 2.24) is 20.0 Å². The van der Waals surface area contributed by atoms with Gasteiger partial charge >= 0.3 is 0 Å². The van der Waals surface area contributed by atoms with Gasteiger partial charge in [-0.2, -0.15) is 5.10 Å². The zero-order valence-electron chi connectivity index (χ0n) is 16.6. The van der Waals surface area contributed by atoms with Crippen LogP contribution in [0.4, 0.5) is 0 Å². The summed E-state index contributed by atoms with van der Waals surface area (Å²) < 4.78 is 7.96. The topological polar surface area (TPSA) is 54.7 Å². The second-order valence-corrected chi connectivity index (χ2v) is 8.72. The van der Waals surface area contributed by atoms with Crippen LogP contribution >= 0.6 is 0 Å². The zero-order valence-corrected chi connectivity index (χ0v) is 16.6. The van der Waals surface area contributed by atoms with Crippen LogP contribution in [0.1, 0.15) is 51.5 Å². The fourth-order valence-corrected chi connectivity index (χ4v) is 5.22. The monoisotopic (exact) mass is 359 g/mol.